The third kappa shape index (κ3) is 4.28. The number of hydrogen-bond donors (Lipinski definition) is 2. The maximum atomic E-state index is 12.3. The first-order chi connectivity index (χ1) is 10.3. The Hall–Kier alpha value is -1.44. The third-order valence-electron chi connectivity index (χ3n) is 3.89. The van der Waals surface area contributed by atoms with Crippen LogP contribution in [0.4, 0.5) is 0 Å². The standard InChI is InChI=1S/C15H23N3O3S/c1-11-4-6-12(7-5-11)10-22(20,21)17-14-9-18(3)8-13(14)15(19)16-2/h4-7,13-14,17H,8-10H2,1-3H3,(H,16,19)/t13-,14-/m0/s1. The van der Waals surface area contributed by atoms with Crippen molar-refractivity contribution < 1.29 is 13.2 Å². The molecule has 1 aliphatic heterocycles. The van der Waals surface area contributed by atoms with Gasteiger partial charge in [-0.25, -0.2) is 13.1 Å². The van der Waals surface area contributed by atoms with Crippen molar-refractivity contribution in [3.63, 3.8) is 0 Å². The van der Waals surface area contributed by atoms with Crippen LogP contribution < -0.4 is 10.0 Å². The van der Waals surface area contributed by atoms with E-state index < -0.39 is 10.0 Å². The van der Waals surface area contributed by atoms with Crippen LogP contribution in [0.2, 0.25) is 0 Å². The molecule has 7 heteroatoms. The molecule has 1 fully saturated rings. The summed E-state index contributed by atoms with van der Waals surface area (Å²) in [5, 5.41) is 2.60. The molecule has 0 saturated carbocycles. The van der Waals surface area contributed by atoms with Gasteiger partial charge in [0, 0.05) is 26.2 Å². The Kier molecular flexibility index (Phi) is 5.20. The van der Waals surface area contributed by atoms with Crippen molar-refractivity contribution in [2.75, 3.05) is 27.2 Å². The van der Waals surface area contributed by atoms with Crippen LogP contribution in [0.1, 0.15) is 11.1 Å². The molecule has 0 radical (unpaired) electrons. The van der Waals surface area contributed by atoms with Crippen molar-refractivity contribution in [3.05, 3.63) is 35.4 Å². The summed E-state index contributed by atoms with van der Waals surface area (Å²) in [6.07, 6.45) is 0. The van der Waals surface area contributed by atoms with Crippen molar-refractivity contribution in [3.8, 4) is 0 Å². The molecule has 0 aliphatic carbocycles. The van der Waals surface area contributed by atoms with Gasteiger partial charge in [-0.2, -0.15) is 0 Å². The Labute approximate surface area is 131 Å². The van der Waals surface area contributed by atoms with Gasteiger partial charge in [-0.05, 0) is 19.5 Å². The van der Waals surface area contributed by atoms with Gasteiger partial charge < -0.3 is 10.2 Å². The van der Waals surface area contributed by atoms with Crippen LogP contribution in [0.15, 0.2) is 24.3 Å². The summed E-state index contributed by atoms with van der Waals surface area (Å²) < 4.78 is 27.4. The molecular weight excluding hydrogens is 302 g/mol. The Morgan fingerprint density at radius 2 is 1.91 bits per heavy atom. The summed E-state index contributed by atoms with van der Waals surface area (Å²) >= 11 is 0. The molecular formula is C15H23N3O3S. The van der Waals surface area contributed by atoms with Crippen LogP contribution in [0.3, 0.4) is 0 Å². The molecule has 0 aromatic heterocycles. The van der Waals surface area contributed by atoms with E-state index in [2.05, 4.69) is 10.0 Å². The lowest BCUT2D eigenvalue weighted by molar-refractivity contribution is -0.124. The van der Waals surface area contributed by atoms with E-state index in [1.807, 2.05) is 43.1 Å². The topological polar surface area (TPSA) is 78.5 Å². The van der Waals surface area contributed by atoms with Crippen LogP contribution in [-0.2, 0) is 20.6 Å². The highest BCUT2D eigenvalue weighted by atomic mass is 32.2. The number of rotatable bonds is 5. The summed E-state index contributed by atoms with van der Waals surface area (Å²) in [5.74, 6) is -0.566. The minimum Gasteiger partial charge on any atom is -0.359 e. The van der Waals surface area contributed by atoms with E-state index >= 15 is 0 Å². The summed E-state index contributed by atoms with van der Waals surface area (Å²) in [6.45, 7) is 3.04. The van der Waals surface area contributed by atoms with Crippen molar-refractivity contribution in [2.45, 2.75) is 18.7 Å². The number of likely N-dealkylation sites (N-methyl/N-ethyl adjacent to an activating group) is 1. The zero-order chi connectivity index (χ0) is 16.3. The Morgan fingerprint density at radius 1 is 1.27 bits per heavy atom. The number of benzene rings is 1. The van der Waals surface area contributed by atoms with E-state index in [9.17, 15) is 13.2 Å². The van der Waals surface area contributed by atoms with Crippen LogP contribution in [0, 0.1) is 12.8 Å². The fraction of sp³-hybridized carbons (Fsp3) is 0.533. The largest absolute Gasteiger partial charge is 0.359 e. The molecule has 1 aliphatic rings. The molecule has 6 nitrogen and oxygen atoms in total. The second-order valence-electron chi connectivity index (χ2n) is 5.91. The lowest BCUT2D eigenvalue weighted by atomic mass is 10.0. The zero-order valence-corrected chi connectivity index (χ0v) is 14.0. The molecule has 1 aromatic carbocycles. The van der Waals surface area contributed by atoms with Crippen LogP contribution in [0.25, 0.3) is 0 Å². The highest BCUT2D eigenvalue weighted by molar-refractivity contribution is 7.88. The second-order valence-corrected chi connectivity index (χ2v) is 7.66. The van der Waals surface area contributed by atoms with Gasteiger partial charge in [0.05, 0.1) is 11.7 Å². The SMILES string of the molecule is CNC(=O)[C@H]1CN(C)C[C@@H]1NS(=O)(=O)Cc1ccc(C)cc1. The monoisotopic (exact) mass is 325 g/mol. The van der Waals surface area contributed by atoms with Crippen molar-refractivity contribution in [1.29, 1.82) is 0 Å². The molecule has 1 amide bonds. The highest BCUT2D eigenvalue weighted by Gasteiger charge is 2.37. The van der Waals surface area contributed by atoms with E-state index in [4.69, 9.17) is 0 Å². The minimum absolute atomic E-state index is 0.0754. The Balaban J connectivity index is 2.07. The predicted molar refractivity (Wildman–Crippen MR) is 85.8 cm³/mol. The highest BCUT2D eigenvalue weighted by Crippen LogP contribution is 2.17. The van der Waals surface area contributed by atoms with Crippen LogP contribution in [-0.4, -0.2) is 52.5 Å². The summed E-state index contributed by atoms with van der Waals surface area (Å²) in [6, 6.07) is 7.01. The molecule has 0 unspecified atom stereocenters. The molecule has 0 spiro atoms. The lowest BCUT2D eigenvalue weighted by Gasteiger charge is -2.18. The number of carbonyl (C=O) groups is 1. The predicted octanol–water partition coefficient (Wildman–Crippen LogP) is 0.0906. The fourth-order valence-corrected chi connectivity index (χ4v) is 4.16. The van der Waals surface area contributed by atoms with Crippen LogP contribution >= 0.6 is 0 Å². The fourth-order valence-electron chi connectivity index (χ4n) is 2.75. The molecule has 1 heterocycles. The number of sulfonamides is 1. The molecule has 2 rings (SSSR count). The van der Waals surface area contributed by atoms with Gasteiger partial charge in [0.1, 0.15) is 0 Å². The lowest BCUT2D eigenvalue weighted by Crippen LogP contribution is -2.45. The number of hydrogen-bond acceptors (Lipinski definition) is 4. The van der Waals surface area contributed by atoms with Gasteiger partial charge in [-0.3, -0.25) is 4.79 Å². The van der Waals surface area contributed by atoms with Gasteiger partial charge in [-0.1, -0.05) is 29.8 Å². The number of likely N-dealkylation sites (tertiary alicyclic amines) is 1. The second kappa shape index (κ2) is 6.76. The summed E-state index contributed by atoms with van der Waals surface area (Å²) in [4.78, 5) is 13.8. The average Bonchev–Trinajstić information content (AvgIpc) is 2.80. The van der Waals surface area contributed by atoms with E-state index in [0.717, 1.165) is 11.1 Å². The first kappa shape index (κ1) is 16.9. The third-order valence-corrected chi connectivity index (χ3v) is 5.27. The van der Waals surface area contributed by atoms with Gasteiger partial charge in [0.15, 0.2) is 0 Å². The minimum atomic E-state index is -3.49. The molecule has 1 saturated heterocycles. The smallest absolute Gasteiger partial charge is 0.225 e. The van der Waals surface area contributed by atoms with E-state index in [-0.39, 0.29) is 23.6 Å². The van der Waals surface area contributed by atoms with Gasteiger partial charge >= 0.3 is 0 Å². The molecule has 1 aromatic rings. The van der Waals surface area contributed by atoms with Crippen molar-refractivity contribution in [2.24, 2.45) is 5.92 Å². The van der Waals surface area contributed by atoms with Gasteiger partial charge in [0.2, 0.25) is 15.9 Å². The number of carbonyl (C=O) groups excluding carboxylic acids is 1. The number of aryl methyl sites for hydroxylation is 1. The molecule has 122 valence electrons. The van der Waals surface area contributed by atoms with Gasteiger partial charge in [-0.15, -0.1) is 0 Å². The zero-order valence-electron chi connectivity index (χ0n) is 13.2. The van der Waals surface area contributed by atoms with Crippen LogP contribution in [0.5, 0.6) is 0 Å². The number of nitrogens with one attached hydrogen (secondary N) is 2. The van der Waals surface area contributed by atoms with Crippen molar-refractivity contribution in [1.82, 2.24) is 14.9 Å². The van der Waals surface area contributed by atoms with Gasteiger partial charge in [0.25, 0.3) is 0 Å². The Morgan fingerprint density at radius 3 is 2.50 bits per heavy atom. The molecule has 2 atom stereocenters. The Bertz CT molecular complexity index is 628. The first-order valence-electron chi connectivity index (χ1n) is 7.26. The average molecular weight is 325 g/mol. The summed E-state index contributed by atoms with van der Waals surface area (Å²) in [5.41, 5.74) is 1.83. The maximum absolute atomic E-state index is 12.3. The molecule has 2 N–H and O–H groups in total. The quantitative estimate of drug-likeness (QED) is 0.804. The maximum Gasteiger partial charge on any atom is 0.225 e. The number of nitrogens with zero attached hydrogens (tertiary/aromatic N) is 1. The molecule has 22 heavy (non-hydrogen) atoms. The first-order valence-corrected chi connectivity index (χ1v) is 8.91. The van der Waals surface area contributed by atoms with Crippen molar-refractivity contribution >= 4 is 15.9 Å². The van der Waals surface area contributed by atoms with E-state index in [1.54, 1.807) is 7.05 Å². The van der Waals surface area contributed by atoms with E-state index in [1.165, 1.54) is 0 Å². The molecule has 0 bridgehead atoms. The van der Waals surface area contributed by atoms with E-state index in [0.29, 0.717) is 13.1 Å². The number of amides is 1. The summed E-state index contributed by atoms with van der Waals surface area (Å²) in [7, 11) is -0.0385. The normalized spacial score (nSPS) is 22.7.